The number of aromatic nitrogens is 1. The third kappa shape index (κ3) is 1.22. The predicted molar refractivity (Wildman–Crippen MR) is 52.8 cm³/mol. The molecule has 2 aromatic heterocycles. The largest absolute Gasteiger partial charge is 0.459 e. The number of fused-ring (bicyclic) bond motifs is 1. The summed E-state index contributed by atoms with van der Waals surface area (Å²) in [6.07, 6.45) is 3.75. The van der Waals surface area contributed by atoms with Gasteiger partial charge in [0.05, 0.1) is 0 Å². The van der Waals surface area contributed by atoms with Crippen molar-refractivity contribution in [2.75, 3.05) is 0 Å². The minimum atomic E-state index is 0.913. The van der Waals surface area contributed by atoms with Crippen molar-refractivity contribution >= 4 is 11.1 Å². The molecular formula is C11H13NO. The lowest BCUT2D eigenvalue weighted by atomic mass is 10.1. The molecule has 0 N–H and O–H groups in total. The molecule has 0 aliphatic rings. The fourth-order valence-electron chi connectivity index (χ4n) is 1.68. The van der Waals surface area contributed by atoms with E-state index in [1.165, 1.54) is 5.56 Å². The average molecular weight is 175 g/mol. The van der Waals surface area contributed by atoms with Gasteiger partial charge >= 0.3 is 0 Å². The first-order valence-electron chi connectivity index (χ1n) is 4.72. The summed E-state index contributed by atoms with van der Waals surface area (Å²) in [5.41, 5.74) is 3.20. The molecule has 2 heterocycles. The molecule has 13 heavy (non-hydrogen) atoms. The number of nitrogens with zero attached hydrogens (tertiary/aromatic N) is 1. The Kier molecular flexibility index (Phi) is 2.05. The van der Waals surface area contributed by atoms with Gasteiger partial charge in [0.15, 0.2) is 5.58 Å². The Labute approximate surface area is 77.6 Å². The third-order valence-electron chi connectivity index (χ3n) is 2.30. The number of furan rings is 1. The van der Waals surface area contributed by atoms with Crippen molar-refractivity contribution < 1.29 is 4.42 Å². The zero-order valence-electron chi connectivity index (χ0n) is 8.00. The molecule has 0 bridgehead atoms. The molecule has 2 heteroatoms. The summed E-state index contributed by atoms with van der Waals surface area (Å²) >= 11 is 0. The van der Waals surface area contributed by atoms with Crippen LogP contribution in [-0.2, 0) is 12.8 Å². The Morgan fingerprint density at radius 3 is 2.85 bits per heavy atom. The van der Waals surface area contributed by atoms with E-state index in [0.717, 1.165) is 29.7 Å². The second kappa shape index (κ2) is 3.21. The van der Waals surface area contributed by atoms with Gasteiger partial charge in [0.25, 0.3) is 0 Å². The molecule has 0 radical (unpaired) electrons. The number of hydrogen-bond donors (Lipinski definition) is 0. The van der Waals surface area contributed by atoms with Gasteiger partial charge < -0.3 is 4.42 Å². The van der Waals surface area contributed by atoms with E-state index in [1.807, 2.05) is 18.3 Å². The zero-order chi connectivity index (χ0) is 9.26. The van der Waals surface area contributed by atoms with Gasteiger partial charge in [-0.05, 0) is 18.6 Å². The molecule has 2 nitrogen and oxygen atoms in total. The third-order valence-corrected chi connectivity index (χ3v) is 2.30. The van der Waals surface area contributed by atoms with Crippen molar-refractivity contribution in [3.8, 4) is 0 Å². The van der Waals surface area contributed by atoms with E-state index in [2.05, 4.69) is 18.8 Å². The lowest BCUT2D eigenvalue weighted by Gasteiger charge is -1.93. The molecule has 0 aliphatic heterocycles. The monoisotopic (exact) mass is 175 g/mol. The van der Waals surface area contributed by atoms with Crippen LogP contribution in [0.1, 0.15) is 25.2 Å². The van der Waals surface area contributed by atoms with Gasteiger partial charge in [0.1, 0.15) is 11.3 Å². The molecule has 0 amide bonds. The van der Waals surface area contributed by atoms with Crippen molar-refractivity contribution in [2.45, 2.75) is 26.7 Å². The standard InChI is InChI=1S/C11H13NO/c1-3-8-9(4-2)13-10-6-5-7-12-11(8)10/h5-7H,3-4H2,1-2H3. The van der Waals surface area contributed by atoms with Gasteiger partial charge in [0.2, 0.25) is 0 Å². The predicted octanol–water partition coefficient (Wildman–Crippen LogP) is 2.95. The Hall–Kier alpha value is -1.31. The van der Waals surface area contributed by atoms with E-state index >= 15 is 0 Å². The lowest BCUT2D eigenvalue weighted by Crippen LogP contribution is -1.85. The van der Waals surface area contributed by atoms with Crippen LogP contribution in [0.5, 0.6) is 0 Å². The molecule has 68 valence electrons. The van der Waals surface area contributed by atoms with Crippen LogP contribution in [0.25, 0.3) is 11.1 Å². The first kappa shape index (κ1) is 8.30. The molecule has 0 saturated heterocycles. The van der Waals surface area contributed by atoms with Crippen LogP contribution in [0.15, 0.2) is 22.7 Å². The summed E-state index contributed by atoms with van der Waals surface area (Å²) in [5.74, 6) is 1.08. The summed E-state index contributed by atoms with van der Waals surface area (Å²) < 4.78 is 5.68. The highest BCUT2D eigenvalue weighted by atomic mass is 16.3. The van der Waals surface area contributed by atoms with Crippen molar-refractivity contribution in [1.82, 2.24) is 4.98 Å². The normalized spacial score (nSPS) is 10.9. The highest BCUT2D eigenvalue weighted by molar-refractivity contribution is 5.77. The van der Waals surface area contributed by atoms with E-state index in [0.29, 0.717) is 0 Å². The average Bonchev–Trinajstić information content (AvgIpc) is 2.55. The van der Waals surface area contributed by atoms with Gasteiger partial charge in [-0.1, -0.05) is 13.8 Å². The molecule has 2 rings (SSSR count). The fraction of sp³-hybridized carbons (Fsp3) is 0.364. The smallest absolute Gasteiger partial charge is 0.153 e. The second-order valence-electron chi connectivity index (χ2n) is 3.06. The van der Waals surface area contributed by atoms with Gasteiger partial charge in [0, 0.05) is 18.2 Å². The van der Waals surface area contributed by atoms with Crippen LogP contribution >= 0.6 is 0 Å². The highest BCUT2D eigenvalue weighted by Crippen LogP contribution is 2.24. The van der Waals surface area contributed by atoms with E-state index in [1.54, 1.807) is 0 Å². The molecule has 0 aliphatic carbocycles. The quantitative estimate of drug-likeness (QED) is 0.701. The summed E-state index contributed by atoms with van der Waals surface area (Å²) in [6, 6.07) is 3.88. The topological polar surface area (TPSA) is 26.0 Å². The zero-order valence-corrected chi connectivity index (χ0v) is 8.00. The van der Waals surface area contributed by atoms with Crippen molar-refractivity contribution in [1.29, 1.82) is 0 Å². The molecule has 2 aromatic rings. The Bertz CT molecular complexity index is 417. The van der Waals surface area contributed by atoms with Gasteiger partial charge in [-0.2, -0.15) is 0 Å². The van der Waals surface area contributed by atoms with Crippen LogP contribution in [0.3, 0.4) is 0 Å². The maximum Gasteiger partial charge on any atom is 0.153 e. The molecule has 0 spiro atoms. The van der Waals surface area contributed by atoms with Crippen LogP contribution in [0.4, 0.5) is 0 Å². The maximum atomic E-state index is 5.68. The van der Waals surface area contributed by atoms with Crippen LogP contribution < -0.4 is 0 Å². The summed E-state index contributed by atoms with van der Waals surface area (Å²) in [6.45, 7) is 4.25. The summed E-state index contributed by atoms with van der Waals surface area (Å²) in [7, 11) is 0. The molecule has 0 unspecified atom stereocenters. The van der Waals surface area contributed by atoms with Gasteiger partial charge in [-0.3, -0.25) is 4.98 Å². The molecule has 0 saturated carbocycles. The highest BCUT2D eigenvalue weighted by Gasteiger charge is 2.10. The minimum absolute atomic E-state index is 0.913. The molecular weight excluding hydrogens is 162 g/mol. The Morgan fingerprint density at radius 1 is 1.31 bits per heavy atom. The Balaban J connectivity index is 2.73. The minimum Gasteiger partial charge on any atom is -0.459 e. The molecule has 0 fully saturated rings. The second-order valence-corrected chi connectivity index (χ2v) is 3.06. The molecule has 0 aromatic carbocycles. The van der Waals surface area contributed by atoms with E-state index < -0.39 is 0 Å². The van der Waals surface area contributed by atoms with Gasteiger partial charge in [-0.15, -0.1) is 0 Å². The van der Waals surface area contributed by atoms with Crippen LogP contribution in [-0.4, -0.2) is 4.98 Å². The van der Waals surface area contributed by atoms with Crippen molar-refractivity contribution in [2.24, 2.45) is 0 Å². The lowest BCUT2D eigenvalue weighted by molar-refractivity contribution is 0.551. The Morgan fingerprint density at radius 2 is 2.15 bits per heavy atom. The van der Waals surface area contributed by atoms with Crippen molar-refractivity contribution in [3.05, 3.63) is 29.7 Å². The molecule has 0 atom stereocenters. The number of pyridine rings is 1. The summed E-state index contributed by atoms with van der Waals surface area (Å²) in [5, 5.41) is 0. The number of hydrogen-bond acceptors (Lipinski definition) is 2. The maximum absolute atomic E-state index is 5.68. The SMILES string of the molecule is CCc1oc2cccnc2c1CC. The fourth-order valence-corrected chi connectivity index (χ4v) is 1.68. The van der Waals surface area contributed by atoms with E-state index in [4.69, 9.17) is 4.42 Å². The van der Waals surface area contributed by atoms with Crippen molar-refractivity contribution in [3.63, 3.8) is 0 Å². The van der Waals surface area contributed by atoms with Gasteiger partial charge in [-0.25, -0.2) is 0 Å². The van der Waals surface area contributed by atoms with Crippen LogP contribution in [0.2, 0.25) is 0 Å². The first-order chi connectivity index (χ1) is 6.36. The van der Waals surface area contributed by atoms with E-state index in [-0.39, 0.29) is 0 Å². The van der Waals surface area contributed by atoms with Crippen LogP contribution in [0, 0.1) is 0 Å². The summed E-state index contributed by atoms with van der Waals surface area (Å²) in [4.78, 5) is 4.33. The first-order valence-corrected chi connectivity index (χ1v) is 4.72. The van der Waals surface area contributed by atoms with E-state index in [9.17, 15) is 0 Å². The number of aryl methyl sites for hydroxylation is 2. The number of rotatable bonds is 2.